The average Bonchev–Trinajstić information content (AvgIpc) is 2.63. The number of ether oxygens (including phenoxy) is 1. The van der Waals surface area contributed by atoms with Crippen molar-refractivity contribution in [3.8, 4) is 5.75 Å². The number of nitrogens with zero attached hydrogens (tertiary/aromatic N) is 1. The molecule has 5 heteroatoms. The molecule has 1 heterocycles. The molecule has 0 spiro atoms. The first-order valence-electron chi connectivity index (χ1n) is 5.88. The van der Waals surface area contributed by atoms with Crippen LogP contribution in [0.3, 0.4) is 0 Å². The molecule has 2 unspecified atom stereocenters. The van der Waals surface area contributed by atoms with Gasteiger partial charge in [-0.05, 0) is 24.6 Å². The van der Waals surface area contributed by atoms with Gasteiger partial charge in [-0.15, -0.1) is 0 Å². The molecule has 0 bridgehead atoms. The highest BCUT2D eigenvalue weighted by Gasteiger charge is 2.31. The fourth-order valence-electron chi connectivity index (χ4n) is 1.93. The van der Waals surface area contributed by atoms with E-state index >= 15 is 0 Å². The minimum Gasteiger partial charge on any atom is -0.479 e. The lowest BCUT2D eigenvalue weighted by atomic mass is 10.1. The van der Waals surface area contributed by atoms with E-state index in [2.05, 4.69) is 0 Å². The summed E-state index contributed by atoms with van der Waals surface area (Å²) in [5.74, 6) is 0.459. The lowest BCUT2D eigenvalue weighted by Crippen LogP contribution is -2.29. The largest absolute Gasteiger partial charge is 0.479 e. The van der Waals surface area contributed by atoms with Gasteiger partial charge in [-0.2, -0.15) is 0 Å². The molecule has 1 aromatic carbocycles. The molecule has 1 amide bonds. The maximum atomic E-state index is 11.7. The number of carbonyl (C=O) groups excluding carboxylic acids is 1. The average molecular weight is 270 g/mol. The quantitative estimate of drug-likeness (QED) is 0.913. The molecule has 0 aromatic heterocycles. The van der Waals surface area contributed by atoms with Gasteiger partial charge in [0.1, 0.15) is 5.75 Å². The molecule has 0 aliphatic carbocycles. The van der Waals surface area contributed by atoms with Gasteiger partial charge in [0.25, 0.3) is 5.91 Å². The van der Waals surface area contributed by atoms with Crippen LogP contribution in [-0.2, 0) is 4.79 Å². The zero-order chi connectivity index (χ0) is 13.3. The number of rotatable bonds is 3. The summed E-state index contributed by atoms with van der Waals surface area (Å²) in [4.78, 5) is 13.4. The van der Waals surface area contributed by atoms with E-state index in [0.29, 0.717) is 23.7 Å². The van der Waals surface area contributed by atoms with Crippen LogP contribution in [0.2, 0.25) is 5.02 Å². The monoisotopic (exact) mass is 269 g/mol. The molecule has 2 atom stereocenters. The molecule has 1 saturated heterocycles. The first-order chi connectivity index (χ1) is 8.49. The number of amides is 1. The Kier molecular flexibility index (Phi) is 3.78. The zero-order valence-electron chi connectivity index (χ0n) is 10.4. The van der Waals surface area contributed by atoms with Gasteiger partial charge >= 0.3 is 0 Å². The maximum Gasteiger partial charge on any atom is 0.263 e. The summed E-state index contributed by atoms with van der Waals surface area (Å²) in [7, 11) is 1.75. The minimum atomic E-state index is -0.573. The molecular weight excluding hydrogens is 254 g/mol. The second kappa shape index (κ2) is 5.16. The van der Waals surface area contributed by atoms with Crippen molar-refractivity contribution >= 4 is 17.5 Å². The molecule has 1 aliphatic rings. The normalized spacial score (nSPS) is 21.2. The highest BCUT2D eigenvalue weighted by Crippen LogP contribution is 2.30. The Morgan fingerprint density at radius 3 is 2.78 bits per heavy atom. The minimum absolute atomic E-state index is 0.0225. The van der Waals surface area contributed by atoms with E-state index in [1.54, 1.807) is 37.1 Å². The first kappa shape index (κ1) is 13.2. The van der Waals surface area contributed by atoms with Crippen LogP contribution in [-0.4, -0.2) is 35.6 Å². The SMILES string of the molecule is CC(O)c1ccc(OC2CCN(C)C2=O)c(Cl)c1. The predicted octanol–water partition coefficient (Wildman–Crippen LogP) is 2.00. The van der Waals surface area contributed by atoms with Crippen LogP contribution in [0.15, 0.2) is 18.2 Å². The van der Waals surface area contributed by atoms with E-state index in [-0.39, 0.29) is 5.91 Å². The molecule has 1 aliphatic heterocycles. The van der Waals surface area contributed by atoms with Crippen LogP contribution in [0.4, 0.5) is 0 Å². The topological polar surface area (TPSA) is 49.8 Å². The van der Waals surface area contributed by atoms with E-state index in [1.165, 1.54) is 0 Å². The molecule has 1 N–H and O–H groups in total. The van der Waals surface area contributed by atoms with Crippen LogP contribution in [0.1, 0.15) is 25.0 Å². The number of carbonyl (C=O) groups is 1. The Bertz CT molecular complexity index is 462. The summed E-state index contributed by atoms with van der Waals surface area (Å²) < 4.78 is 5.62. The number of benzene rings is 1. The number of likely N-dealkylation sites (N-methyl/N-ethyl adjacent to an activating group) is 1. The molecule has 98 valence electrons. The van der Waals surface area contributed by atoms with Crippen LogP contribution in [0, 0.1) is 0 Å². The van der Waals surface area contributed by atoms with E-state index < -0.39 is 12.2 Å². The number of aliphatic hydroxyl groups is 1. The summed E-state index contributed by atoms with van der Waals surface area (Å²) in [5.41, 5.74) is 0.724. The van der Waals surface area contributed by atoms with Gasteiger partial charge in [-0.25, -0.2) is 0 Å². The lowest BCUT2D eigenvalue weighted by Gasteiger charge is -2.15. The van der Waals surface area contributed by atoms with Gasteiger partial charge < -0.3 is 14.7 Å². The third-order valence-electron chi connectivity index (χ3n) is 3.09. The van der Waals surface area contributed by atoms with Crippen molar-refractivity contribution in [3.63, 3.8) is 0 Å². The second-order valence-electron chi connectivity index (χ2n) is 4.52. The molecule has 4 nitrogen and oxygen atoms in total. The number of likely N-dealkylation sites (tertiary alicyclic amines) is 1. The highest BCUT2D eigenvalue weighted by molar-refractivity contribution is 6.32. The number of hydrogen-bond donors (Lipinski definition) is 1. The van der Waals surface area contributed by atoms with Gasteiger partial charge in [0.05, 0.1) is 11.1 Å². The van der Waals surface area contributed by atoms with Crippen LogP contribution in [0.25, 0.3) is 0 Å². The number of aliphatic hydroxyl groups excluding tert-OH is 1. The Morgan fingerprint density at radius 2 is 2.28 bits per heavy atom. The summed E-state index contributed by atoms with van der Waals surface area (Å²) in [6.45, 7) is 2.37. The molecule has 2 rings (SSSR count). The van der Waals surface area contributed by atoms with Crippen molar-refractivity contribution < 1.29 is 14.6 Å². The number of halogens is 1. The highest BCUT2D eigenvalue weighted by atomic mass is 35.5. The van der Waals surface area contributed by atoms with E-state index in [9.17, 15) is 9.90 Å². The molecule has 0 saturated carbocycles. The maximum absolute atomic E-state index is 11.7. The van der Waals surface area contributed by atoms with Gasteiger partial charge in [0.2, 0.25) is 0 Å². The van der Waals surface area contributed by atoms with Crippen LogP contribution < -0.4 is 4.74 Å². The summed E-state index contributed by atoms with van der Waals surface area (Å²) in [6, 6.07) is 5.09. The van der Waals surface area contributed by atoms with Gasteiger partial charge in [0, 0.05) is 20.0 Å². The van der Waals surface area contributed by atoms with Crippen molar-refractivity contribution in [2.75, 3.05) is 13.6 Å². The van der Waals surface area contributed by atoms with E-state index in [1.807, 2.05) is 0 Å². The molecule has 1 fully saturated rings. The van der Waals surface area contributed by atoms with Crippen LogP contribution in [0.5, 0.6) is 5.75 Å². The second-order valence-corrected chi connectivity index (χ2v) is 4.93. The standard InChI is InChI=1S/C13H16ClNO3/c1-8(16)9-3-4-11(10(14)7-9)18-12-5-6-15(2)13(12)17/h3-4,7-8,12,16H,5-6H2,1-2H3. The predicted molar refractivity (Wildman–Crippen MR) is 68.8 cm³/mol. The van der Waals surface area contributed by atoms with E-state index in [0.717, 1.165) is 5.56 Å². The lowest BCUT2D eigenvalue weighted by molar-refractivity contribution is -0.132. The number of hydrogen-bond acceptors (Lipinski definition) is 3. The zero-order valence-corrected chi connectivity index (χ0v) is 11.1. The third-order valence-corrected chi connectivity index (χ3v) is 3.38. The Hall–Kier alpha value is -1.26. The van der Waals surface area contributed by atoms with Crippen molar-refractivity contribution in [3.05, 3.63) is 28.8 Å². The molecular formula is C13H16ClNO3. The van der Waals surface area contributed by atoms with Crippen LogP contribution >= 0.6 is 11.6 Å². The fourth-order valence-corrected chi connectivity index (χ4v) is 2.16. The van der Waals surface area contributed by atoms with Crippen molar-refractivity contribution in [2.45, 2.75) is 25.6 Å². The van der Waals surface area contributed by atoms with Gasteiger partial charge in [-0.1, -0.05) is 17.7 Å². The Labute approximate surface area is 111 Å². The van der Waals surface area contributed by atoms with Crippen molar-refractivity contribution in [1.82, 2.24) is 4.90 Å². The molecule has 0 radical (unpaired) electrons. The van der Waals surface area contributed by atoms with Crippen molar-refractivity contribution in [2.24, 2.45) is 0 Å². The van der Waals surface area contributed by atoms with Gasteiger partial charge in [-0.3, -0.25) is 4.79 Å². The fraction of sp³-hybridized carbons (Fsp3) is 0.462. The summed E-state index contributed by atoms with van der Waals surface area (Å²) in [6.07, 6.45) is -0.357. The summed E-state index contributed by atoms with van der Waals surface area (Å²) in [5, 5.41) is 9.85. The Balaban J connectivity index is 2.13. The molecule has 1 aromatic rings. The van der Waals surface area contributed by atoms with E-state index in [4.69, 9.17) is 16.3 Å². The smallest absolute Gasteiger partial charge is 0.263 e. The summed E-state index contributed by atoms with van der Waals surface area (Å²) >= 11 is 6.07. The third kappa shape index (κ3) is 2.60. The Morgan fingerprint density at radius 1 is 1.56 bits per heavy atom. The first-order valence-corrected chi connectivity index (χ1v) is 6.26. The van der Waals surface area contributed by atoms with Crippen molar-refractivity contribution in [1.29, 1.82) is 0 Å². The van der Waals surface area contributed by atoms with Gasteiger partial charge in [0.15, 0.2) is 6.10 Å². The molecule has 18 heavy (non-hydrogen) atoms.